The van der Waals surface area contributed by atoms with E-state index in [4.69, 9.17) is 0 Å². The van der Waals surface area contributed by atoms with E-state index in [1.54, 1.807) is 6.08 Å². The van der Waals surface area contributed by atoms with Crippen molar-refractivity contribution in [2.45, 2.75) is 33.2 Å². The maximum atomic E-state index is 3.77. The van der Waals surface area contributed by atoms with E-state index in [1.165, 1.54) is 22.3 Å². The molecule has 0 saturated heterocycles. The summed E-state index contributed by atoms with van der Waals surface area (Å²) in [7, 11) is 0. The van der Waals surface area contributed by atoms with Gasteiger partial charge in [-0.15, -0.1) is 0 Å². The van der Waals surface area contributed by atoms with Crippen LogP contribution in [0, 0.1) is 6.92 Å². The number of nitrogens with one attached hydrogen (secondary N) is 1. The topological polar surface area (TPSA) is 12.0 Å². The van der Waals surface area contributed by atoms with Crippen LogP contribution in [0.4, 0.5) is 5.69 Å². The largest absolute Gasteiger partial charge is 0.383 e. The monoisotopic (exact) mass is 447 g/mol. The lowest BCUT2D eigenvalue weighted by molar-refractivity contribution is 0.764. The zero-order valence-corrected chi connectivity index (χ0v) is 20.7. The van der Waals surface area contributed by atoms with Crippen LogP contribution in [0.5, 0.6) is 0 Å². The van der Waals surface area contributed by atoms with E-state index in [1.807, 2.05) is 24.3 Å². The predicted molar refractivity (Wildman–Crippen MR) is 154 cm³/mol. The van der Waals surface area contributed by atoms with Crippen LogP contribution in [0.15, 0.2) is 122 Å². The third-order valence-corrected chi connectivity index (χ3v) is 5.30. The van der Waals surface area contributed by atoms with Gasteiger partial charge in [-0.3, -0.25) is 0 Å². The van der Waals surface area contributed by atoms with Gasteiger partial charge in [0.2, 0.25) is 0 Å². The summed E-state index contributed by atoms with van der Waals surface area (Å²) in [5.41, 5.74) is 7.16. The second-order valence-electron chi connectivity index (χ2n) is 8.17. The predicted octanol–water partition coefficient (Wildman–Crippen LogP) is 9.37. The van der Waals surface area contributed by atoms with Crippen molar-refractivity contribution in [1.82, 2.24) is 0 Å². The molecule has 0 radical (unpaired) electrons. The van der Waals surface area contributed by atoms with Crippen molar-refractivity contribution in [3.63, 3.8) is 0 Å². The number of rotatable bonds is 9. The molecule has 0 spiro atoms. The Balaban J connectivity index is 0.000000246. The quantitative estimate of drug-likeness (QED) is 0.254. The maximum absolute atomic E-state index is 3.77. The smallest absolute Gasteiger partial charge is 0.0342 e. The van der Waals surface area contributed by atoms with Crippen LogP contribution in [0.1, 0.15) is 42.5 Å². The second-order valence-corrected chi connectivity index (χ2v) is 8.17. The first kappa shape index (κ1) is 26.4. The molecule has 0 fully saturated rings. The van der Waals surface area contributed by atoms with E-state index < -0.39 is 0 Å². The third-order valence-electron chi connectivity index (χ3n) is 5.30. The van der Waals surface area contributed by atoms with E-state index in [2.05, 4.69) is 130 Å². The normalized spacial score (nSPS) is 12.1. The lowest BCUT2D eigenvalue weighted by atomic mass is 10.1. The molecule has 0 heterocycles. The molecule has 0 aliphatic carbocycles. The third kappa shape index (κ3) is 10.2. The van der Waals surface area contributed by atoms with Gasteiger partial charge in [-0.25, -0.2) is 0 Å². The fourth-order valence-electron chi connectivity index (χ4n) is 3.03. The van der Waals surface area contributed by atoms with Crippen LogP contribution in [0.25, 0.3) is 18.2 Å². The van der Waals surface area contributed by atoms with Crippen LogP contribution in [0.2, 0.25) is 0 Å². The summed E-state index contributed by atoms with van der Waals surface area (Å²) in [6, 6.07) is 27.8. The van der Waals surface area contributed by atoms with E-state index in [-0.39, 0.29) is 0 Å². The molecule has 0 aliphatic rings. The summed E-state index contributed by atoms with van der Waals surface area (Å²) in [6.07, 6.45) is 15.0. The van der Waals surface area contributed by atoms with E-state index in [9.17, 15) is 0 Å². The van der Waals surface area contributed by atoms with Gasteiger partial charge in [0.25, 0.3) is 0 Å². The Morgan fingerprint density at radius 1 is 0.794 bits per heavy atom. The fraction of sp³-hybridized carbons (Fsp3) is 0.152. The van der Waals surface area contributed by atoms with Gasteiger partial charge in [0, 0.05) is 11.7 Å². The Hall–Kier alpha value is -3.84. The molecule has 0 aliphatic heterocycles. The summed E-state index contributed by atoms with van der Waals surface area (Å²) in [4.78, 5) is 0. The zero-order valence-electron chi connectivity index (χ0n) is 20.7. The highest BCUT2D eigenvalue weighted by Crippen LogP contribution is 2.14. The molecule has 3 rings (SSSR count). The highest BCUT2D eigenvalue weighted by Gasteiger charge is 1.97. The first-order chi connectivity index (χ1) is 16.5. The summed E-state index contributed by atoms with van der Waals surface area (Å²) in [5.74, 6) is 0. The van der Waals surface area contributed by atoms with E-state index in [0.29, 0.717) is 6.04 Å². The lowest BCUT2D eigenvalue weighted by Crippen LogP contribution is -2.12. The van der Waals surface area contributed by atoms with Gasteiger partial charge in [0.05, 0.1) is 0 Å². The molecule has 174 valence electrons. The highest BCUT2D eigenvalue weighted by molar-refractivity contribution is 5.69. The summed E-state index contributed by atoms with van der Waals surface area (Å²) in [6.45, 7) is 13.9. The van der Waals surface area contributed by atoms with Crippen LogP contribution in [-0.4, -0.2) is 6.04 Å². The molecule has 0 bridgehead atoms. The lowest BCUT2D eigenvalue weighted by Gasteiger charge is -2.12. The molecule has 1 heteroatoms. The molecule has 1 N–H and O–H groups in total. The molecule has 1 unspecified atom stereocenters. The number of anilines is 1. The van der Waals surface area contributed by atoms with Crippen molar-refractivity contribution in [3.8, 4) is 0 Å². The van der Waals surface area contributed by atoms with Gasteiger partial charge >= 0.3 is 0 Å². The molecular formula is C33H37N. The summed E-state index contributed by atoms with van der Waals surface area (Å²) < 4.78 is 0. The molecule has 34 heavy (non-hydrogen) atoms. The van der Waals surface area contributed by atoms with Crippen molar-refractivity contribution in [1.29, 1.82) is 0 Å². The second kappa shape index (κ2) is 15.1. The first-order valence-electron chi connectivity index (χ1n) is 11.8. The molecule has 0 aromatic heterocycles. The van der Waals surface area contributed by atoms with Gasteiger partial charge in [0.15, 0.2) is 0 Å². The van der Waals surface area contributed by atoms with Gasteiger partial charge in [0.1, 0.15) is 0 Å². The van der Waals surface area contributed by atoms with Crippen molar-refractivity contribution >= 4 is 23.9 Å². The van der Waals surface area contributed by atoms with Gasteiger partial charge in [-0.05, 0) is 54.7 Å². The summed E-state index contributed by atoms with van der Waals surface area (Å²) in [5, 5.41) is 3.45. The van der Waals surface area contributed by atoms with Crippen LogP contribution in [0.3, 0.4) is 0 Å². The van der Waals surface area contributed by atoms with E-state index in [0.717, 1.165) is 17.7 Å². The van der Waals surface area contributed by atoms with Gasteiger partial charge in [-0.2, -0.15) is 0 Å². The average molecular weight is 448 g/mol. The first-order valence-corrected chi connectivity index (χ1v) is 11.8. The Labute approximate surface area is 206 Å². The Morgan fingerprint density at radius 2 is 1.35 bits per heavy atom. The molecule has 1 atom stereocenters. The SMILES string of the molecule is C=C/C=C(C=C)/C=C/c1ccc(NC(C)CC)cc1.Cc1ccc(/C=C/c2ccccc2)cc1. The van der Waals surface area contributed by atoms with Gasteiger partial charge < -0.3 is 5.32 Å². The number of aryl methyl sites for hydroxylation is 1. The van der Waals surface area contributed by atoms with Crippen molar-refractivity contribution in [2.75, 3.05) is 5.32 Å². The van der Waals surface area contributed by atoms with E-state index >= 15 is 0 Å². The molecule has 3 aromatic carbocycles. The van der Waals surface area contributed by atoms with Crippen LogP contribution >= 0.6 is 0 Å². The summed E-state index contributed by atoms with van der Waals surface area (Å²) >= 11 is 0. The van der Waals surface area contributed by atoms with Crippen molar-refractivity contribution in [3.05, 3.63) is 144 Å². The highest BCUT2D eigenvalue weighted by atomic mass is 14.9. The molecule has 1 nitrogen and oxygen atoms in total. The number of allylic oxidation sites excluding steroid dienone is 5. The standard InChI is InChI=1S/C18H23N.C15H14/c1-5-8-16(7-3)9-10-17-11-13-18(14-12-17)19-15(4)6-2;1-13-7-9-15(10-8-13)12-11-14-5-3-2-4-6-14/h5,7-15,19H,1,3,6H2,2,4H3;2-12H,1H3/b10-9+,16-8+;12-11+. The fourth-order valence-corrected chi connectivity index (χ4v) is 3.03. The molecule has 3 aromatic rings. The number of hydrogen-bond donors (Lipinski definition) is 1. The molecule has 0 amide bonds. The van der Waals surface area contributed by atoms with Crippen molar-refractivity contribution < 1.29 is 0 Å². The Kier molecular flexibility index (Phi) is 11.7. The Bertz CT molecular complexity index is 1080. The van der Waals surface area contributed by atoms with Crippen LogP contribution in [-0.2, 0) is 0 Å². The molecule has 0 saturated carbocycles. The number of hydrogen-bond acceptors (Lipinski definition) is 1. The zero-order chi connectivity index (χ0) is 24.6. The number of benzene rings is 3. The Morgan fingerprint density at radius 3 is 1.91 bits per heavy atom. The average Bonchev–Trinajstić information content (AvgIpc) is 2.88. The van der Waals surface area contributed by atoms with Gasteiger partial charge in [-0.1, -0.05) is 135 Å². The van der Waals surface area contributed by atoms with Crippen LogP contribution < -0.4 is 5.32 Å². The minimum atomic E-state index is 0.504. The minimum Gasteiger partial charge on any atom is -0.383 e. The van der Waals surface area contributed by atoms with Crippen molar-refractivity contribution in [2.24, 2.45) is 0 Å². The minimum absolute atomic E-state index is 0.504. The maximum Gasteiger partial charge on any atom is 0.0342 e. The molecular weight excluding hydrogens is 410 g/mol.